The van der Waals surface area contributed by atoms with E-state index in [1.807, 2.05) is 19.1 Å². The summed E-state index contributed by atoms with van der Waals surface area (Å²) in [4.78, 5) is 23.9. The van der Waals surface area contributed by atoms with Gasteiger partial charge in [0, 0.05) is 18.7 Å². The zero-order valence-electron chi connectivity index (χ0n) is 12.4. The van der Waals surface area contributed by atoms with Crippen LogP contribution in [0.4, 0.5) is 0 Å². The van der Waals surface area contributed by atoms with Gasteiger partial charge in [0.15, 0.2) is 0 Å². The molecule has 1 aromatic rings. The lowest BCUT2D eigenvalue weighted by molar-refractivity contribution is -0.126. The van der Waals surface area contributed by atoms with E-state index in [4.69, 9.17) is 5.73 Å². The van der Waals surface area contributed by atoms with Crippen LogP contribution in [0.1, 0.15) is 48.5 Å². The van der Waals surface area contributed by atoms with Crippen LogP contribution in [-0.2, 0) is 11.3 Å². The van der Waals surface area contributed by atoms with Crippen molar-refractivity contribution in [1.29, 1.82) is 0 Å². The highest BCUT2D eigenvalue weighted by Gasteiger charge is 2.36. The summed E-state index contributed by atoms with van der Waals surface area (Å²) in [6.45, 7) is 2.87. The van der Waals surface area contributed by atoms with Gasteiger partial charge in [0.2, 0.25) is 5.91 Å². The average Bonchev–Trinajstić information content (AvgIpc) is 2.93. The predicted molar refractivity (Wildman–Crippen MR) is 81.7 cm³/mol. The molecule has 0 unspecified atom stereocenters. The van der Waals surface area contributed by atoms with Crippen molar-refractivity contribution in [3.05, 3.63) is 35.4 Å². The standard InChI is InChI=1S/C16H23N3O2/c1-2-18-14(20)13-7-5-6-12(10-13)11-19-15(21)16(17)8-3-4-9-16/h5-7,10H,2-4,8-9,11,17H2,1H3,(H,18,20)(H,19,21). The maximum Gasteiger partial charge on any atom is 0.251 e. The van der Waals surface area contributed by atoms with Crippen LogP contribution in [0.5, 0.6) is 0 Å². The van der Waals surface area contributed by atoms with Gasteiger partial charge in [-0.2, -0.15) is 0 Å². The molecule has 114 valence electrons. The van der Waals surface area contributed by atoms with Crippen LogP contribution >= 0.6 is 0 Å². The molecule has 1 aliphatic carbocycles. The van der Waals surface area contributed by atoms with Crippen molar-refractivity contribution in [3.63, 3.8) is 0 Å². The number of carbonyl (C=O) groups excluding carboxylic acids is 2. The average molecular weight is 289 g/mol. The minimum atomic E-state index is -0.711. The van der Waals surface area contributed by atoms with Crippen molar-refractivity contribution in [2.75, 3.05) is 6.54 Å². The van der Waals surface area contributed by atoms with Crippen LogP contribution in [0.25, 0.3) is 0 Å². The summed E-state index contributed by atoms with van der Waals surface area (Å²) in [7, 11) is 0. The van der Waals surface area contributed by atoms with Crippen molar-refractivity contribution < 1.29 is 9.59 Å². The highest BCUT2D eigenvalue weighted by Crippen LogP contribution is 2.27. The van der Waals surface area contributed by atoms with Gasteiger partial charge >= 0.3 is 0 Å². The summed E-state index contributed by atoms with van der Waals surface area (Å²) in [5, 5.41) is 5.64. The van der Waals surface area contributed by atoms with E-state index in [0.717, 1.165) is 31.2 Å². The van der Waals surface area contributed by atoms with E-state index in [9.17, 15) is 9.59 Å². The van der Waals surface area contributed by atoms with Crippen molar-refractivity contribution in [2.24, 2.45) is 5.73 Å². The molecule has 1 aliphatic rings. The lowest BCUT2D eigenvalue weighted by atomic mass is 9.98. The Morgan fingerprint density at radius 3 is 2.62 bits per heavy atom. The van der Waals surface area contributed by atoms with E-state index in [1.54, 1.807) is 12.1 Å². The highest BCUT2D eigenvalue weighted by molar-refractivity contribution is 5.94. The summed E-state index contributed by atoms with van der Waals surface area (Å²) >= 11 is 0. The topological polar surface area (TPSA) is 84.2 Å². The Bertz CT molecular complexity index is 522. The van der Waals surface area contributed by atoms with Gasteiger partial charge in [-0.1, -0.05) is 25.0 Å². The van der Waals surface area contributed by atoms with Crippen molar-refractivity contribution in [1.82, 2.24) is 10.6 Å². The molecule has 5 heteroatoms. The Balaban J connectivity index is 1.95. The summed E-state index contributed by atoms with van der Waals surface area (Å²) in [5.74, 6) is -0.194. The van der Waals surface area contributed by atoms with E-state index in [2.05, 4.69) is 10.6 Å². The molecule has 1 fully saturated rings. The molecule has 0 saturated heterocycles. The number of nitrogens with one attached hydrogen (secondary N) is 2. The second-order valence-electron chi connectivity index (χ2n) is 5.61. The Labute approximate surface area is 125 Å². The molecule has 21 heavy (non-hydrogen) atoms. The summed E-state index contributed by atoms with van der Waals surface area (Å²) in [5.41, 5.74) is 6.90. The number of hydrogen-bond acceptors (Lipinski definition) is 3. The first-order chi connectivity index (χ1) is 10.0. The van der Waals surface area contributed by atoms with Crippen LogP contribution in [-0.4, -0.2) is 23.9 Å². The van der Waals surface area contributed by atoms with Gasteiger partial charge in [-0.05, 0) is 37.5 Å². The third kappa shape index (κ3) is 3.82. The van der Waals surface area contributed by atoms with Crippen LogP contribution in [0.15, 0.2) is 24.3 Å². The quantitative estimate of drug-likeness (QED) is 0.764. The highest BCUT2D eigenvalue weighted by atomic mass is 16.2. The van der Waals surface area contributed by atoms with Gasteiger partial charge in [-0.15, -0.1) is 0 Å². The maximum absolute atomic E-state index is 12.1. The van der Waals surface area contributed by atoms with Crippen LogP contribution in [0.3, 0.4) is 0 Å². The second-order valence-corrected chi connectivity index (χ2v) is 5.61. The summed E-state index contributed by atoms with van der Waals surface area (Å²) in [6.07, 6.45) is 3.52. The minimum absolute atomic E-state index is 0.0941. The molecular formula is C16H23N3O2. The van der Waals surface area contributed by atoms with E-state index in [0.29, 0.717) is 18.7 Å². The van der Waals surface area contributed by atoms with Crippen molar-refractivity contribution >= 4 is 11.8 Å². The zero-order chi connectivity index (χ0) is 15.3. The molecule has 2 rings (SSSR count). The molecule has 2 amide bonds. The minimum Gasteiger partial charge on any atom is -0.352 e. The van der Waals surface area contributed by atoms with Gasteiger partial charge in [0.05, 0.1) is 5.54 Å². The predicted octanol–water partition coefficient (Wildman–Crippen LogP) is 1.32. The molecule has 0 heterocycles. The molecule has 0 atom stereocenters. The van der Waals surface area contributed by atoms with Crippen LogP contribution in [0.2, 0.25) is 0 Å². The SMILES string of the molecule is CCNC(=O)c1cccc(CNC(=O)C2(N)CCCC2)c1. The molecular weight excluding hydrogens is 266 g/mol. The zero-order valence-corrected chi connectivity index (χ0v) is 12.4. The first kappa shape index (κ1) is 15.5. The number of nitrogens with two attached hydrogens (primary N) is 1. The molecule has 0 radical (unpaired) electrons. The third-order valence-corrected chi connectivity index (χ3v) is 3.93. The van der Waals surface area contributed by atoms with Gasteiger partial charge in [-0.25, -0.2) is 0 Å². The number of rotatable bonds is 5. The van der Waals surface area contributed by atoms with Crippen LogP contribution < -0.4 is 16.4 Å². The lowest BCUT2D eigenvalue weighted by Crippen LogP contribution is -2.51. The van der Waals surface area contributed by atoms with Crippen molar-refractivity contribution in [2.45, 2.75) is 44.7 Å². The number of hydrogen-bond donors (Lipinski definition) is 3. The third-order valence-electron chi connectivity index (χ3n) is 3.93. The van der Waals surface area contributed by atoms with Gasteiger partial charge < -0.3 is 16.4 Å². The van der Waals surface area contributed by atoms with E-state index in [1.165, 1.54) is 0 Å². The molecule has 0 spiro atoms. The second kappa shape index (κ2) is 6.72. The largest absolute Gasteiger partial charge is 0.352 e. The van der Waals surface area contributed by atoms with Gasteiger partial charge in [-0.3, -0.25) is 9.59 Å². The molecule has 0 bridgehead atoms. The fraction of sp³-hybridized carbons (Fsp3) is 0.500. The lowest BCUT2D eigenvalue weighted by Gasteiger charge is -2.22. The van der Waals surface area contributed by atoms with E-state index < -0.39 is 5.54 Å². The molecule has 0 aromatic heterocycles. The van der Waals surface area contributed by atoms with E-state index in [-0.39, 0.29) is 11.8 Å². The Hall–Kier alpha value is -1.88. The maximum atomic E-state index is 12.1. The Morgan fingerprint density at radius 1 is 1.24 bits per heavy atom. The Morgan fingerprint density at radius 2 is 1.95 bits per heavy atom. The van der Waals surface area contributed by atoms with Crippen molar-refractivity contribution in [3.8, 4) is 0 Å². The fourth-order valence-corrected chi connectivity index (χ4v) is 2.68. The van der Waals surface area contributed by atoms with Gasteiger partial charge in [0.25, 0.3) is 5.91 Å². The molecule has 0 aliphatic heterocycles. The number of amides is 2. The first-order valence-corrected chi connectivity index (χ1v) is 7.49. The normalized spacial score (nSPS) is 16.5. The smallest absolute Gasteiger partial charge is 0.251 e. The number of carbonyl (C=O) groups is 2. The van der Waals surface area contributed by atoms with Gasteiger partial charge in [0.1, 0.15) is 0 Å². The molecule has 5 nitrogen and oxygen atoms in total. The monoisotopic (exact) mass is 289 g/mol. The molecule has 4 N–H and O–H groups in total. The van der Waals surface area contributed by atoms with Crippen LogP contribution in [0, 0.1) is 0 Å². The summed E-state index contributed by atoms with van der Waals surface area (Å²) in [6, 6.07) is 7.27. The summed E-state index contributed by atoms with van der Waals surface area (Å²) < 4.78 is 0. The molecule has 1 aromatic carbocycles. The van der Waals surface area contributed by atoms with E-state index >= 15 is 0 Å². The molecule has 1 saturated carbocycles. The fourth-order valence-electron chi connectivity index (χ4n) is 2.68. The first-order valence-electron chi connectivity index (χ1n) is 7.49. The Kier molecular flexibility index (Phi) is 4.96. The number of benzene rings is 1.